The van der Waals surface area contributed by atoms with Gasteiger partial charge in [0.1, 0.15) is 11.5 Å². The minimum absolute atomic E-state index is 0.628. The van der Waals surface area contributed by atoms with Crippen LogP contribution < -0.4 is 9.47 Å². The van der Waals surface area contributed by atoms with Crippen LogP contribution in [0.3, 0.4) is 0 Å². The standard InChI is InChI=1S/C14H18N2O2/c1-4-17-12-7-6-8-13(18-5-2)14(12)11-9-15-16(3)10-11/h6-10H,4-5H2,1-3H3. The average molecular weight is 246 g/mol. The summed E-state index contributed by atoms with van der Waals surface area (Å²) in [5, 5.41) is 4.20. The van der Waals surface area contributed by atoms with Gasteiger partial charge >= 0.3 is 0 Å². The Kier molecular flexibility index (Phi) is 3.87. The van der Waals surface area contributed by atoms with E-state index in [1.807, 2.05) is 51.5 Å². The smallest absolute Gasteiger partial charge is 0.130 e. The Morgan fingerprint density at radius 1 is 1.11 bits per heavy atom. The number of ether oxygens (including phenoxy) is 2. The molecule has 0 atom stereocenters. The quantitative estimate of drug-likeness (QED) is 0.814. The van der Waals surface area contributed by atoms with E-state index >= 15 is 0 Å². The molecule has 1 aromatic heterocycles. The molecule has 0 aliphatic heterocycles. The fraction of sp³-hybridized carbons (Fsp3) is 0.357. The molecule has 2 rings (SSSR count). The van der Waals surface area contributed by atoms with Crippen LogP contribution in [-0.2, 0) is 7.05 Å². The third-order valence-corrected chi connectivity index (χ3v) is 2.58. The fourth-order valence-corrected chi connectivity index (χ4v) is 1.90. The van der Waals surface area contributed by atoms with Crippen molar-refractivity contribution in [3.05, 3.63) is 30.6 Å². The molecule has 0 spiro atoms. The van der Waals surface area contributed by atoms with Crippen molar-refractivity contribution in [1.29, 1.82) is 0 Å². The molecule has 0 bridgehead atoms. The number of aromatic nitrogens is 2. The maximum atomic E-state index is 5.67. The Labute approximate surface area is 107 Å². The van der Waals surface area contributed by atoms with Crippen LogP contribution in [0.15, 0.2) is 30.6 Å². The number of hydrogen-bond acceptors (Lipinski definition) is 3. The second-order valence-corrected chi connectivity index (χ2v) is 3.90. The van der Waals surface area contributed by atoms with Gasteiger partial charge in [-0.15, -0.1) is 0 Å². The monoisotopic (exact) mass is 246 g/mol. The van der Waals surface area contributed by atoms with Crippen LogP contribution in [0.4, 0.5) is 0 Å². The molecule has 0 fully saturated rings. The number of benzene rings is 1. The summed E-state index contributed by atoms with van der Waals surface area (Å²) in [7, 11) is 1.90. The molecule has 0 saturated heterocycles. The Morgan fingerprint density at radius 2 is 1.72 bits per heavy atom. The molecular formula is C14H18N2O2. The lowest BCUT2D eigenvalue weighted by Crippen LogP contribution is -1.98. The molecule has 0 N–H and O–H groups in total. The molecular weight excluding hydrogens is 228 g/mol. The van der Waals surface area contributed by atoms with Crippen molar-refractivity contribution in [3.8, 4) is 22.6 Å². The second kappa shape index (κ2) is 5.58. The molecule has 18 heavy (non-hydrogen) atoms. The Morgan fingerprint density at radius 3 is 2.17 bits per heavy atom. The zero-order valence-corrected chi connectivity index (χ0v) is 11.0. The third-order valence-electron chi connectivity index (χ3n) is 2.58. The van der Waals surface area contributed by atoms with E-state index in [-0.39, 0.29) is 0 Å². The lowest BCUT2D eigenvalue weighted by Gasteiger charge is -2.13. The molecule has 2 aromatic rings. The largest absolute Gasteiger partial charge is 0.493 e. The lowest BCUT2D eigenvalue weighted by atomic mass is 10.1. The average Bonchev–Trinajstić information content (AvgIpc) is 2.77. The number of aryl methyl sites for hydroxylation is 1. The normalized spacial score (nSPS) is 10.4. The van der Waals surface area contributed by atoms with Gasteiger partial charge in [-0.3, -0.25) is 4.68 Å². The molecule has 0 unspecified atom stereocenters. The van der Waals surface area contributed by atoms with Gasteiger partial charge in [-0.05, 0) is 26.0 Å². The Bertz CT molecular complexity index is 496. The molecule has 0 saturated carbocycles. The highest BCUT2D eigenvalue weighted by atomic mass is 16.5. The highest BCUT2D eigenvalue weighted by molar-refractivity contribution is 5.76. The lowest BCUT2D eigenvalue weighted by molar-refractivity contribution is 0.326. The van der Waals surface area contributed by atoms with Crippen molar-refractivity contribution in [2.45, 2.75) is 13.8 Å². The molecule has 0 aliphatic rings. The molecule has 96 valence electrons. The second-order valence-electron chi connectivity index (χ2n) is 3.90. The van der Waals surface area contributed by atoms with Crippen molar-refractivity contribution < 1.29 is 9.47 Å². The summed E-state index contributed by atoms with van der Waals surface area (Å²) < 4.78 is 13.1. The predicted octanol–water partition coefficient (Wildman–Crippen LogP) is 2.88. The van der Waals surface area contributed by atoms with E-state index in [1.165, 1.54) is 0 Å². The molecule has 1 aromatic carbocycles. The predicted molar refractivity (Wildman–Crippen MR) is 71.0 cm³/mol. The van der Waals surface area contributed by atoms with E-state index in [4.69, 9.17) is 9.47 Å². The van der Waals surface area contributed by atoms with E-state index in [2.05, 4.69) is 5.10 Å². The van der Waals surface area contributed by atoms with Crippen molar-refractivity contribution in [2.24, 2.45) is 7.05 Å². The van der Waals surface area contributed by atoms with Gasteiger partial charge in [0.15, 0.2) is 0 Å². The highest BCUT2D eigenvalue weighted by Gasteiger charge is 2.14. The van der Waals surface area contributed by atoms with Crippen molar-refractivity contribution in [2.75, 3.05) is 13.2 Å². The van der Waals surface area contributed by atoms with E-state index in [9.17, 15) is 0 Å². The number of hydrogen-bond donors (Lipinski definition) is 0. The Balaban J connectivity index is 2.52. The minimum Gasteiger partial charge on any atom is -0.493 e. The van der Waals surface area contributed by atoms with Crippen LogP contribution in [-0.4, -0.2) is 23.0 Å². The van der Waals surface area contributed by atoms with Crippen LogP contribution >= 0.6 is 0 Å². The molecule has 0 radical (unpaired) electrons. The van der Waals surface area contributed by atoms with Gasteiger partial charge < -0.3 is 9.47 Å². The van der Waals surface area contributed by atoms with Crippen LogP contribution in [0, 0.1) is 0 Å². The summed E-state index contributed by atoms with van der Waals surface area (Å²) in [4.78, 5) is 0. The van der Waals surface area contributed by atoms with E-state index < -0.39 is 0 Å². The summed E-state index contributed by atoms with van der Waals surface area (Å²) in [5.41, 5.74) is 1.97. The van der Waals surface area contributed by atoms with Crippen molar-refractivity contribution in [3.63, 3.8) is 0 Å². The first-order valence-electron chi connectivity index (χ1n) is 6.13. The first-order valence-corrected chi connectivity index (χ1v) is 6.13. The van der Waals surface area contributed by atoms with Crippen molar-refractivity contribution in [1.82, 2.24) is 9.78 Å². The summed E-state index contributed by atoms with van der Waals surface area (Å²) >= 11 is 0. The maximum Gasteiger partial charge on any atom is 0.130 e. The minimum atomic E-state index is 0.628. The first kappa shape index (κ1) is 12.5. The summed E-state index contributed by atoms with van der Waals surface area (Å²) in [6.07, 6.45) is 3.78. The molecule has 4 nitrogen and oxygen atoms in total. The van der Waals surface area contributed by atoms with E-state index in [0.29, 0.717) is 13.2 Å². The van der Waals surface area contributed by atoms with Crippen LogP contribution in [0.1, 0.15) is 13.8 Å². The van der Waals surface area contributed by atoms with Gasteiger partial charge in [-0.1, -0.05) is 6.07 Å². The molecule has 0 amide bonds. The topological polar surface area (TPSA) is 36.3 Å². The molecule has 0 aliphatic carbocycles. The van der Waals surface area contributed by atoms with Gasteiger partial charge in [0.05, 0.1) is 25.0 Å². The van der Waals surface area contributed by atoms with Gasteiger partial charge in [-0.25, -0.2) is 0 Å². The Hall–Kier alpha value is -1.97. The number of nitrogens with zero attached hydrogens (tertiary/aromatic N) is 2. The highest BCUT2D eigenvalue weighted by Crippen LogP contribution is 2.38. The van der Waals surface area contributed by atoms with Crippen LogP contribution in [0.2, 0.25) is 0 Å². The third kappa shape index (κ3) is 2.47. The van der Waals surface area contributed by atoms with Crippen LogP contribution in [0.5, 0.6) is 11.5 Å². The zero-order chi connectivity index (χ0) is 13.0. The zero-order valence-electron chi connectivity index (χ0n) is 11.0. The summed E-state index contributed by atoms with van der Waals surface area (Å²) in [6, 6.07) is 5.85. The van der Waals surface area contributed by atoms with Crippen LogP contribution in [0.25, 0.3) is 11.1 Å². The van der Waals surface area contributed by atoms with Gasteiger partial charge in [0.2, 0.25) is 0 Å². The van der Waals surface area contributed by atoms with E-state index in [1.54, 1.807) is 4.68 Å². The SMILES string of the molecule is CCOc1cccc(OCC)c1-c1cnn(C)c1. The first-order chi connectivity index (χ1) is 8.76. The molecule has 4 heteroatoms. The van der Waals surface area contributed by atoms with E-state index in [0.717, 1.165) is 22.6 Å². The summed E-state index contributed by atoms with van der Waals surface area (Å²) in [6.45, 7) is 5.20. The van der Waals surface area contributed by atoms with Crippen molar-refractivity contribution >= 4 is 0 Å². The maximum absolute atomic E-state index is 5.67. The van der Waals surface area contributed by atoms with Gasteiger partial charge in [-0.2, -0.15) is 5.10 Å². The van der Waals surface area contributed by atoms with Gasteiger partial charge in [0.25, 0.3) is 0 Å². The number of rotatable bonds is 5. The molecule has 1 heterocycles. The fourth-order valence-electron chi connectivity index (χ4n) is 1.90. The summed E-state index contributed by atoms with van der Waals surface area (Å²) in [5.74, 6) is 1.66. The van der Waals surface area contributed by atoms with Gasteiger partial charge in [0, 0.05) is 18.8 Å².